The molecule has 2 aromatic carbocycles. The average Bonchev–Trinajstić information content (AvgIpc) is 3.06. The summed E-state index contributed by atoms with van der Waals surface area (Å²) in [5, 5.41) is 2.26. The van der Waals surface area contributed by atoms with E-state index in [2.05, 4.69) is 27.9 Å². The van der Waals surface area contributed by atoms with Gasteiger partial charge < -0.3 is 14.8 Å². The summed E-state index contributed by atoms with van der Waals surface area (Å²) in [7, 11) is 0. The number of hydrogen-bond acceptors (Lipinski definition) is 6. The van der Waals surface area contributed by atoms with Crippen molar-refractivity contribution in [3.63, 3.8) is 0 Å². The lowest BCUT2D eigenvalue weighted by molar-refractivity contribution is -0.127. The van der Waals surface area contributed by atoms with Gasteiger partial charge in [0.05, 0.1) is 21.7 Å². The normalized spacial score (nSPS) is 14.6. The van der Waals surface area contributed by atoms with Crippen molar-refractivity contribution in [2.24, 2.45) is 0 Å². The summed E-state index contributed by atoms with van der Waals surface area (Å²) < 4.78 is 12.4. The number of anilines is 1. The third-order valence-electron chi connectivity index (χ3n) is 4.90. The molecule has 0 atom stereocenters. The number of carbonyl (C=O) groups excluding carboxylic acids is 3. The van der Waals surface area contributed by atoms with Crippen molar-refractivity contribution in [2.45, 2.75) is 33.6 Å². The number of nitrogens with zero attached hydrogens (tertiary/aromatic N) is 1. The molecule has 1 fully saturated rings. The molecule has 1 aliphatic rings. The molecule has 3 amide bonds. The minimum atomic E-state index is -0.495. The molecule has 1 heterocycles. The van der Waals surface area contributed by atoms with Crippen LogP contribution in [0.3, 0.4) is 0 Å². The third-order valence-corrected chi connectivity index (χ3v) is 6.61. The maximum atomic E-state index is 12.9. The van der Waals surface area contributed by atoms with Crippen LogP contribution in [0, 0.1) is 3.57 Å². The molecule has 0 spiro atoms. The van der Waals surface area contributed by atoms with E-state index in [4.69, 9.17) is 9.47 Å². The molecule has 3 rings (SSSR count). The van der Waals surface area contributed by atoms with Crippen molar-refractivity contribution in [2.75, 3.05) is 25.1 Å². The highest BCUT2D eigenvalue weighted by Gasteiger charge is 2.36. The Bertz CT molecular complexity index is 1100. The van der Waals surface area contributed by atoms with Gasteiger partial charge in [-0.15, -0.1) is 0 Å². The molecular formula is C25H27IN2O5S. The fraction of sp³-hybridized carbons (Fsp3) is 0.320. The highest BCUT2D eigenvalue weighted by Crippen LogP contribution is 2.37. The Morgan fingerprint density at radius 1 is 1.12 bits per heavy atom. The maximum absolute atomic E-state index is 12.9. The number of amides is 3. The quantitative estimate of drug-likeness (QED) is 0.280. The minimum Gasteiger partial charge on any atom is -0.490 e. The largest absolute Gasteiger partial charge is 0.490 e. The van der Waals surface area contributed by atoms with Crippen LogP contribution >= 0.6 is 34.4 Å². The highest BCUT2D eigenvalue weighted by atomic mass is 127. The molecule has 0 saturated carbocycles. The molecule has 1 N–H and O–H groups in total. The van der Waals surface area contributed by atoms with Crippen LogP contribution in [-0.4, -0.2) is 41.7 Å². The van der Waals surface area contributed by atoms with Crippen LogP contribution in [0.1, 0.15) is 38.3 Å². The number of benzene rings is 2. The molecule has 1 aliphatic heterocycles. The molecule has 0 bridgehead atoms. The SMILES string of the molecule is CCCOc1c(I)cc(/C=C2\SC(=O)N(CC(=O)Nc3ccc(CC)cc3)C2=O)cc1OCC. The van der Waals surface area contributed by atoms with Gasteiger partial charge in [-0.05, 0) is 95.6 Å². The Hall–Kier alpha value is -2.53. The fourth-order valence-electron chi connectivity index (χ4n) is 3.23. The van der Waals surface area contributed by atoms with Crippen LogP contribution in [0.5, 0.6) is 11.5 Å². The zero-order valence-corrected chi connectivity index (χ0v) is 22.3. The summed E-state index contributed by atoms with van der Waals surface area (Å²) >= 11 is 2.98. The van der Waals surface area contributed by atoms with Gasteiger partial charge in [0.1, 0.15) is 6.54 Å². The van der Waals surface area contributed by atoms with Crippen molar-refractivity contribution in [3.05, 3.63) is 56.0 Å². The lowest BCUT2D eigenvalue weighted by Gasteiger charge is -2.14. The molecule has 9 heteroatoms. The number of aryl methyl sites for hydroxylation is 1. The Kier molecular flexibility index (Phi) is 9.40. The van der Waals surface area contributed by atoms with Crippen LogP contribution in [0.25, 0.3) is 6.08 Å². The van der Waals surface area contributed by atoms with E-state index in [0.29, 0.717) is 36.0 Å². The van der Waals surface area contributed by atoms with Gasteiger partial charge in [0.25, 0.3) is 11.1 Å². The fourth-order valence-corrected chi connectivity index (χ4v) is 4.85. The van der Waals surface area contributed by atoms with E-state index in [-0.39, 0.29) is 11.4 Å². The van der Waals surface area contributed by atoms with Gasteiger partial charge in [-0.1, -0.05) is 26.0 Å². The molecule has 34 heavy (non-hydrogen) atoms. The van der Waals surface area contributed by atoms with Crippen molar-refractivity contribution < 1.29 is 23.9 Å². The molecule has 1 saturated heterocycles. The van der Waals surface area contributed by atoms with Crippen LogP contribution in [0.15, 0.2) is 41.3 Å². The summed E-state index contributed by atoms with van der Waals surface area (Å²) in [6.07, 6.45) is 3.41. The Labute approximate surface area is 217 Å². The van der Waals surface area contributed by atoms with Crippen molar-refractivity contribution >= 4 is 63.2 Å². The van der Waals surface area contributed by atoms with E-state index in [1.54, 1.807) is 24.3 Å². The standard InChI is InChI=1S/C25H27IN2O5S/c1-4-11-33-23-19(26)12-17(13-20(23)32-6-3)14-21-24(30)28(25(31)34-21)15-22(29)27-18-9-7-16(5-2)8-10-18/h7-10,12-14H,4-6,11,15H2,1-3H3,(H,27,29)/b21-14-. The first kappa shape index (κ1) is 26.1. The number of thioether (sulfide) groups is 1. The van der Waals surface area contributed by atoms with Crippen molar-refractivity contribution in [1.82, 2.24) is 4.90 Å². The molecule has 0 aliphatic carbocycles. The lowest BCUT2D eigenvalue weighted by Crippen LogP contribution is -2.36. The van der Waals surface area contributed by atoms with E-state index in [0.717, 1.165) is 38.6 Å². The summed E-state index contributed by atoms with van der Waals surface area (Å²) in [5.41, 5.74) is 2.48. The van der Waals surface area contributed by atoms with Crippen LogP contribution in [0.4, 0.5) is 10.5 Å². The van der Waals surface area contributed by atoms with E-state index >= 15 is 0 Å². The number of carbonyl (C=O) groups is 3. The van der Waals surface area contributed by atoms with Crippen LogP contribution in [-0.2, 0) is 16.0 Å². The molecule has 180 valence electrons. The Morgan fingerprint density at radius 2 is 1.85 bits per heavy atom. The number of rotatable bonds is 10. The first-order valence-electron chi connectivity index (χ1n) is 11.1. The maximum Gasteiger partial charge on any atom is 0.294 e. The zero-order valence-electron chi connectivity index (χ0n) is 19.4. The second kappa shape index (κ2) is 12.3. The minimum absolute atomic E-state index is 0.255. The number of ether oxygens (including phenoxy) is 2. The molecule has 2 aromatic rings. The number of hydrogen-bond donors (Lipinski definition) is 1. The number of imide groups is 1. The third kappa shape index (κ3) is 6.53. The van der Waals surface area contributed by atoms with Gasteiger partial charge >= 0.3 is 0 Å². The number of nitrogens with one attached hydrogen (secondary N) is 1. The van der Waals surface area contributed by atoms with Gasteiger partial charge in [0.15, 0.2) is 11.5 Å². The smallest absolute Gasteiger partial charge is 0.294 e. The summed E-state index contributed by atoms with van der Waals surface area (Å²) in [6.45, 7) is 6.66. The van der Waals surface area contributed by atoms with Gasteiger partial charge in [0, 0.05) is 5.69 Å². The zero-order chi connectivity index (χ0) is 24.7. The highest BCUT2D eigenvalue weighted by molar-refractivity contribution is 14.1. The Morgan fingerprint density at radius 3 is 2.50 bits per heavy atom. The van der Waals surface area contributed by atoms with Gasteiger partial charge in [-0.25, -0.2) is 0 Å². The monoisotopic (exact) mass is 594 g/mol. The van der Waals surface area contributed by atoms with E-state index in [1.165, 1.54) is 0 Å². The predicted molar refractivity (Wildman–Crippen MR) is 143 cm³/mol. The van der Waals surface area contributed by atoms with Crippen LogP contribution in [0.2, 0.25) is 0 Å². The van der Waals surface area contributed by atoms with Gasteiger partial charge in [0.2, 0.25) is 5.91 Å². The van der Waals surface area contributed by atoms with E-state index < -0.39 is 17.1 Å². The summed E-state index contributed by atoms with van der Waals surface area (Å²) in [6, 6.07) is 11.1. The van der Waals surface area contributed by atoms with Crippen LogP contribution < -0.4 is 14.8 Å². The summed E-state index contributed by atoms with van der Waals surface area (Å²) in [4.78, 5) is 39.0. The number of halogens is 1. The average molecular weight is 594 g/mol. The van der Waals surface area contributed by atoms with Crippen molar-refractivity contribution in [3.8, 4) is 11.5 Å². The Balaban J connectivity index is 1.74. The molecule has 0 unspecified atom stereocenters. The molecule has 0 aromatic heterocycles. The van der Waals surface area contributed by atoms with E-state index in [9.17, 15) is 14.4 Å². The van der Waals surface area contributed by atoms with Gasteiger partial charge in [-0.2, -0.15) is 0 Å². The van der Waals surface area contributed by atoms with E-state index in [1.807, 2.05) is 39.0 Å². The molecule has 7 nitrogen and oxygen atoms in total. The second-order valence-corrected chi connectivity index (χ2v) is 9.63. The lowest BCUT2D eigenvalue weighted by atomic mass is 10.1. The first-order valence-corrected chi connectivity index (χ1v) is 13.0. The topological polar surface area (TPSA) is 84.9 Å². The molecular weight excluding hydrogens is 567 g/mol. The molecule has 0 radical (unpaired) electrons. The van der Waals surface area contributed by atoms with Gasteiger partial charge in [-0.3, -0.25) is 19.3 Å². The predicted octanol–water partition coefficient (Wildman–Crippen LogP) is 5.72. The summed E-state index contributed by atoms with van der Waals surface area (Å²) in [5.74, 6) is 0.323. The van der Waals surface area contributed by atoms with Crippen molar-refractivity contribution in [1.29, 1.82) is 0 Å². The first-order chi connectivity index (χ1) is 16.4. The second-order valence-electron chi connectivity index (χ2n) is 7.48.